The second kappa shape index (κ2) is 9.42. The highest BCUT2D eigenvalue weighted by atomic mass is 16.5. The van der Waals surface area contributed by atoms with Gasteiger partial charge in [0.2, 0.25) is 0 Å². The van der Waals surface area contributed by atoms with Gasteiger partial charge < -0.3 is 14.8 Å². The summed E-state index contributed by atoms with van der Waals surface area (Å²) < 4.78 is 13.4. The van der Waals surface area contributed by atoms with Crippen LogP contribution in [0, 0.1) is 13.8 Å². The van der Waals surface area contributed by atoms with E-state index < -0.39 is 0 Å². The van der Waals surface area contributed by atoms with Gasteiger partial charge in [-0.3, -0.25) is 4.68 Å². The molecule has 28 heavy (non-hydrogen) atoms. The highest BCUT2D eigenvalue weighted by Crippen LogP contribution is 2.29. The Kier molecular flexibility index (Phi) is 6.71. The lowest BCUT2D eigenvalue weighted by Crippen LogP contribution is -2.17. The molecule has 0 saturated heterocycles. The zero-order chi connectivity index (χ0) is 19.9. The molecule has 0 atom stereocenters. The van der Waals surface area contributed by atoms with Crippen molar-refractivity contribution in [1.82, 2.24) is 15.1 Å². The van der Waals surface area contributed by atoms with Gasteiger partial charge in [-0.25, -0.2) is 0 Å². The molecule has 2 aromatic carbocycles. The van der Waals surface area contributed by atoms with Gasteiger partial charge in [0.25, 0.3) is 0 Å². The number of benzene rings is 2. The Bertz CT molecular complexity index is 904. The minimum atomic E-state index is 0.521. The number of rotatable bonds is 9. The molecule has 0 saturated carbocycles. The number of methoxy groups -OCH3 is 1. The maximum absolute atomic E-state index is 6.00. The van der Waals surface area contributed by atoms with Crippen LogP contribution in [-0.4, -0.2) is 23.4 Å². The summed E-state index contributed by atoms with van der Waals surface area (Å²) in [6.45, 7) is 6.40. The second-order valence-electron chi connectivity index (χ2n) is 6.96. The molecule has 0 fully saturated rings. The van der Waals surface area contributed by atoms with E-state index in [4.69, 9.17) is 9.47 Å². The van der Waals surface area contributed by atoms with Crippen LogP contribution in [0.5, 0.6) is 11.5 Å². The Morgan fingerprint density at radius 1 is 1.00 bits per heavy atom. The van der Waals surface area contributed by atoms with Crippen molar-refractivity contribution in [1.29, 1.82) is 0 Å². The number of aryl methyl sites for hydroxylation is 2. The lowest BCUT2D eigenvalue weighted by molar-refractivity contribution is 0.284. The molecule has 5 nitrogen and oxygen atoms in total. The van der Waals surface area contributed by atoms with Crippen molar-refractivity contribution in [3.05, 3.63) is 76.6 Å². The molecule has 0 bridgehead atoms. The number of nitrogens with zero attached hydrogens (tertiary/aromatic N) is 2. The standard InChI is InChI=1S/C23H29N3O2/c1-17-21(18(2)26(3)25-17)12-13-24-15-20-10-11-22(27-4)23(14-20)28-16-19-8-6-5-7-9-19/h5-11,14,24H,12-13,15-16H2,1-4H3. The average Bonchev–Trinajstić information content (AvgIpc) is 2.96. The molecule has 0 aliphatic rings. The topological polar surface area (TPSA) is 48.3 Å². The molecule has 0 amide bonds. The summed E-state index contributed by atoms with van der Waals surface area (Å²) >= 11 is 0. The van der Waals surface area contributed by atoms with Crippen molar-refractivity contribution in [2.45, 2.75) is 33.4 Å². The van der Waals surface area contributed by atoms with E-state index in [1.807, 2.05) is 36.0 Å². The van der Waals surface area contributed by atoms with E-state index >= 15 is 0 Å². The van der Waals surface area contributed by atoms with E-state index in [9.17, 15) is 0 Å². The fourth-order valence-corrected chi connectivity index (χ4v) is 3.30. The van der Waals surface area contributed by atoms with Crippen molar-refractivity contribution in [3.8, 4) is 11.5 Å². The Morgan fingerprint density at radius 2 is 1.79 bits per heavy atom. The number of aromatic nitrogens is 2. The summed E-state index contributed by atoms with van der Waals surface area (Å²) in [7, 11) is 3.66. The summed E-state index contributed by atoms with van der Waals surface area (Å²) in [5.41, 5.74) is 5.98. The summed E-state index contributed by atoms with van der Waals surface area (Å²) in [6.07, 6.45) is 0.971. The summed E-state index contributed by atoms with van der Waals surface area (Å²) in [4.78, 5) is 0. The van der Waals surface area contributed by atoms with Crippen LogP contribution in [0.4, 0.5) is 0 Å². The zero-order valence-corrected chi connectivity index (χ0v) is 17.2. The maximum atomic E-state index is 6.00. The SMILES string of the molecule is COc1ccc(CNCCc2c(C)nn(C)c2C)cc1OCc1ccccc1. The predicted molar refractivity (Wildman–Crippen MR) is 112 cm³/mol. The van der Waals surface area contributed by atoms with Crippen LogP contribution in [0.25, 0.3) is 0 Å². The molecular formula is C23H29N3O2. The van der Waals surface area contributed by atoms with E-state index in [0.29, 0.717) is 6.61 Å². The van der Waals surface area contributed by atoms with Gasteiger partial charge in [0.15, 0.2) is 11.5 Å². The first-order valence-corrected chi connectivity index (χ1v) is 9.62. The fourth-order valence-electron chi connectivity index (χ4n) is 3.30. The first-order valence-electron chi connectivity index (χ1n) is 9.62. The zero-order valence-electron chi connectivity index (χ0n) is 17.2. The van der Waals surface area contributed by atoms with Gasteiger partial charge in [-0.2, -0.15) is 5.10 Å². The molecule has 0 unspecified atom stereocenters. The third kappa shape index (κ3) is 4.93. The van der Waals surface area contributed by atoms with Crippen molar-refractivity contribution in [3.63, 3.8) is 0 Å². The third-order valence-electron chi connectivity index (χ3n) is 5.00. The van der Waals surface area contributed by atoms with Gasteiger partial charge in [0.1, 0.15) is 6.61 Å². The largest absolute Gasteiger partial charge is 0.493 e. The number of nitrogens with one attached hydrogen (secondary N) is 1. The molecule has 0 aliphatic heterocycles. The van der Waals surface area contributed by atoms with Crippen LogP contribution in [0.15, 0.2) is 48.5 Å². The number of ether oxygens (including phenoxy) is 2. The molecule has 1 heterocycles. The first-order chi connectivity index (χ1) is 13.6. The van der Waals surface area contributed by atoms with Gasteiger partial charge in [-0.15, -0.1) is 0 Å². The van der Waals surface area contributed by atoms with Crippen molar-refractivity contribution >= 4 is 0 Å². The molecule has 3 aromatic rings. The van der Waals surface area contributed by atoms with Gasteiger partial charge in [0.05, 0.1) is 12.8 Å². The fraction of sp³-hybridized carbons (Fsp3) is 0.348. The van der Waals surface area contributed by atoms with E-state index in [0.717, 1.165) is 42.3 Å². The van der Waals surface area contributed by atoms with Crippen molar-refractivity contribution in [2.75, 3.05) is 13.7 Å². The highest BCUT2D eigenvalue weighted by Gasteiger charge is 2.09. The normalized spacial score (nSPS) is 10.9. The molecule has 0 radical (unpaired) electrons. The van der Waals surface area contributed by atoms with Gasteiger partial charge in [-0.05, 0) is 55.6 Å². The van der Waals surface area contributed by atoms with Crippen molar-refractivity contribution in [2.24, 2.45) is 7.05 Å². The van der Waals surface area contributed by atoms with Crippen LogP contribution in [0.1, 0.15) is 28.1 Å². The number of hydrogen-bond donors (Lipinski definition) is 1. The Hall–Kier alpha value is -2.79. The van der Waals surface area contributed by atoms with E-state index in [1.54, 1.807) is 7.11 Å². The Morgan fingerprint density at radius 3 is 2.46 bits per heavy atom. The maximum Gasteiger partial charge on any atom is 0.161 e. The highest BCUT2D eigenvalue weighted by molar-refractivity contribution is 5.43. The molecule has 1 aromatic heterocycles. The minimum absolute atomic E-state index is 0.521. The average molecular weight is 380 g/mol. The molecule has 0 spiro atoms. The van der Waals surface area contributed by atoms with Crippen LogP contribution in [0.3, 0.4) is 0 Å². The first kappa shape index (κ1) is 20.0. The smallest absolute Gasteiger partial charge is 0.161 e. The third-order valence-corrected chi connectivity index (χ3v) is 5.00. The molecule has 0 aliphatic carbocycles. The van der Waals surface area contributed by atoms with E-state index in [1.165, 1.54) is 16.8 Å². The lowest BCUT2D eigenvalue weighted by Gasteiger charge is -2.13. The quantitative estimate of drug-likeness (QED) is 0.572. The summed E-state index contributed by atoms with van der Waals surface area (Å²) in [5, 5.41) is 8.00. The monoisotopic (exact) mass is 379 g/mol. The van der Waals surface area contributed by atoms with Crippen LogP contribution in [0.2, 0.25) is 0 Å². The van der Waals surface area contributed by atoms with Gasteiger partial charge in [0, 0.05) is 19.3 Å². The van der Waals surface area contributed by atoms with Gasteiger partial charge in [-0.1, -0.05) is 36.4 Å². The molecule has 5 heteroatoms. The van der Waals surface area contributed by atoms with Crippen LogP contribution in [-0.2, 0) is 26.6 Å². The number of hydrogen-bond acceptors (Lipinski definition) is 4. The lowest BCUT2D eigenvalue weighted by atomic mass is 10.1. The molecule has 1 N–H and O–H groups in total. The Balaban J connectivity index is 1.56. The predicted octanol–water partition coefficient (Wildman–Crippen LogP) is 3.96. The molecule has 3 rings (SSSR count). The van der Waals surface area contributed by atoms with E-state index in [-0.39, 0.29) is 0 Å². The summed E-state index contributed by atoms with van der Waals surface area (Å²) in [6, 6.07) is 16.2. The Labute approximate surface area is 167 Å². The molecule has 148 valence electrons. The van der Waals surface area contributed by atoms with Gasteiger partial charge >= 0.3 is 0 Å². The van der Waals surface area contributed by atoms with Crippen LogP contribution >= 0.6 is 0 Å². The summed E-state index contributed by atoms with van der Waals surface area (Å²) in [5.74, 6) is 1.52. The minimum Gasteiger partial charge on any atom is -0.493 e. The molecular weight excluding hydrogens is 350 g/mol. The van der Waals surface area contributed by atoms with E-state index in [2.05, 4.69) is 48.5 Å². The van der Waals surface area contributed by atoms with Crippen molar-refractivity contribution < 1.29 is 9.47 Å². The second-order valence-corrected chi connectivity index (χ2v) is 6.96. The van der Waals surface area contributed by atoms with Crippen LogP contribution < -0.4 is 14.8 Å².